The Bertz CT molecular complexity index is 503. The molecule has 0 N–H and O–H groups in total. The minimum Gasteiger partial charge on any atom is -0.743 e. The van der Waals surface area contributed by atoms with E-state index in [0.717, 1.165) is 0 Å². The monoisotopic (exact) mass is 325 g/mol. The van der Waals surface area contributed by atoms with E-state index in [1.54, 1.807) is 0 Å². The molecule has 0 aromatic heterocycles. The van der Waals surface area contributed by atoms with Gasteiger partial charge in [-0.3, -0.25) is 0 Å². The lowest BCUT2D eigenvalue weighted by Crippen LogP contribution is -2.61. The number of halogens is 6. The summed E-state index contributed by atoms with van der Waals surface area (Å²) in [6.45, 7) is 0. The zero-order valence-corrected chi connectivity index (χ0v) is 10.8. The molecular formula is C10H11F6O3S-. The number of fused-ring (bicyclic) bond motifs is 2. The Labute approximate surface area is 111 Å². The van der Waals surface area contributed by atoms with Crippen molar-refractivity contribution in [3.05, 3.63) is 0 Å². The minimum absolute atomic E-state index is 0.219. The maximum atomic E-state index is 13.8. The molecule has 0 amide bonds. The Morgan fingerprint density at radius 1 is 0.950 bits per heavy atom. The van der Waals surface area contributed by atoms with Gasteiger partial charge in [0.05, 0.1) is 0 Å². The van der Waals surface area contributed by atoms with Gasteiger partial charge in [-0.1, -0.05) is 6.42 Å². The van der Waals surface area contributed by atoms with E-state index in [0.29, 0.717) is 6.42 Å². The molecule has 3 atom stereocenters. The molecule has 2 aliphatic carbocycles. The highest BCUT2D eigenvalue weighted by Crippen LogP contribution is 2.60. The lowest BCUT2D eigenvalue weighted by Gasteiger charge is -2.39. The normalized spacial score (nSPS) is 31.9. The predicted molar refractivity (Wildman–Crippen MR) is 53.5 cm³/mol. The summed E-state index contributed by atoms with van der Waals surface area (Å²) in [5, 5.41) is -6.34. The Morgan fingerprint density at radius 3 is 1.85 bits per heavy atom. The fourth-order valence-electron chi connectivity index (χ4n) is 3.27. The molecule has 2 aliphatic rings. The molecule has 2 fully saturated rings. The first-order valence-corrected chi connectivity index (χ1v) is 7.32. The lowest BCUT2D eigenvalue weighted by molar-refractivity contribution is -0.304. The molecule has 0 radical (unpaired) electrons. The Kier molecular flexibility index (Phi) is 3.37. The molecule has 0 heterocycles. The summed E-state index contributed by atoms with van der Waals surface area (Å²) in [6.07, 6.45) is 0.671. The second-order valence-corrected chi connectivity index (χ2v) is 6.87. The highest BCUT2D eigenvalue weighted by atomic mass is 32.2. The van der Waals surface area contributed by atoms with Crippen LogP contribution in [0.2, 0.25) is 0 Å². The first-order chi connectivity index (χ1) is 8.82. The van der Waals surface area contributed by atoms with E-state index in [2.05, 4.69) is 0 Å². The van der Waals surface area contributed by atoms with Gasteiger partial charge in [-0.2, -0.15) is 26.3 Å². The van der Waals surface area contributed by atoms with Crippen molar-refractivity contribution in [3.63, 3.8) is 0 Å². The molecule has 0 saturated heterocycles. The van der Waals surface area contributed by atoms with E-state index >= 15 is 0 Å². The van der Waals surface area contributed by atoms with Crippen LogP contribution in [0, 0.1) is 17.8 Å². The van der Waals surface area contributed by atoms with Gasteiger partial charge in [0.1, 0.15) is 0 Å². The molecule has 0 aliphatic heterocycles. The summed E-state index contributed by atoms with van der Waals surface area (Å²) < 4.78 is 111. The standard InChI is InChI=1S/C10H12F6O3S/c11-8(12,7-4-5-1-2-6(7)3-5)9(13,14)10(15,16)20(17,18)19/h5-7H,1-4H2,(H,17,18,19)/p-1. The molecule has 0 aromatic rings. The van der Waals surface area contributed by atoms with Crippen molar-refractivity contribution in [1.82, 2.24) is 0 Å². The van der Waals surface area contributed by atoms with Crippen LogP contribution in [-0.2, 0) is 10.1 Å². The van der Waals surface area contributed by atoms with Crippen molar-refractivity contribution in [2.24, 2.45) is 17.8 Å². The van der Waals surface area contributed by atoms with Crippen molar-refractivity contribution in [2.75, 3.05) is 0 Å². The van der Waals surface area contributed by atoms with Gasteiger partial charge >= 0.3 is 17.1 Å². The number of hydrogen-bond acceptors (Lipinski definition) is 3. The van der Waals surface area contributed by atoms with E-state index in [1.165, 1.54) is 0 Å². The van der Waals surface area contributed by atoms with E-state index in [1.807, 2.05) is 0 Å². The summed E-state index contributed by atoms with van der Waals surface area (Å²) in [7, 11) is -6.90. The lowest BCUT2D eigenvalue weighted by atomic mass is 9.81. The molecule has 2 rings (SSSR count). The first kappa shape index (κ1) is 15.9. The van der Waals surface area contributed by atoms with Gasteiger partial charge in [0, 0.05) is 5.92 Å². The van der Waals surface area contributed by atoms with Crippen LogP contribution in [0.5, 0.6) is 0 Å². The Morgan fingerprint density at radius 2 is 1.50 bits per heavy atom. The van der Waals surface area contributed by atoms with Gasteiger partial charge in [-0.15, -0.1) is 0 Å². The van der Waals surface area contributed by atoms with E-state index < -0.39 is 39.1 Å². The number of rotatable bonds is 4. The molecule has 20 heavy (non-hydrogen) atoms. The third kappa shape index (κ3) is 1.94. The molecule has 0 spiro atoms. The number of alkyl halides is 6. The van der Waals surface area contributed by atoms with Crippen LogP contribution in [-0.4, -0.2) is 30.1 Å². The number of hydrogen-bond donors (Lipinski definition) is 0. The van der Waals surface area contributed by atoms with Gasteiger partial charge in [0.15, 0.2) is 10.1 Å². The van der Waals surface area contributed by atoms with Crippen molar-refractivity contribution in [3.8, 4) is 0 Å². The van der Waals surface area contributed by atoms with Gasteiger partial charge < -0.3 is 4.55 Å². The second-order valence-electron chi connectivity index (χ2n) is 5.45. The van der Waals surface area contributed by atoms with Crippen molar-refractivity contribution < 1.29 is 39.3 Å². The zero-order valence-electron chi connectivity index (χ0n) is 9.96. The first-order valence-electron chi connectivity index (χ1n) is 5.91. The van der Waals surface area contributed by atoms with Gasteiger partial charge in [-0.25, -0.2) is 8.42 Å². The van der Waals surface area contributed by atoms with Crippen LogP contribution in [0.3, 0.4) is 0 Å². The van der Waals surface area contributed by atoms with E-state index in [-0.39, 0.29) is 25.2 Å². The van der Waals surface area contributed by atoms with Crippen LogP contribution in [0.15, 0.2) is 0 Å². The van der Waals surface area contributed by atoms with Crippen LogP contribution in [0.25, 0.3) is 0 Å². The summed E-state index contributed by atoms with van der Waals surface area (Å²) in [6, 6.07) is 0. The van der Waals surface area contributed by atoms with Crippen molar-refractivity contribution in [2.45, 2.75) is 42.8 Å². The Hall–Kier alpha value is -0.510. The largest absolute Gasteiger partial charge is 0.743 e. The summed E-state index contributed by atoms with van der Waals surface area (Å²) in [5.41, 5.74) is 0. The highest BCUT2D eigenvalue weighted by Gasteiger charge is 2.78. The topological polar surface area (TPSA) is 57.2 Å². The average Bonchev–Trinajstić information content (AvgIpc) is 2.88. The van der Waals surface area contributed by atoms with Crippen LogP contribution in [0.1, 0.15) is 25.7 Å². The molecule has 3 nitrogen and oxygen atoms in total. The van der Waals surface area contributed by atoms with E-state index in [4.69, 9.17) is 0 Å². The molecular weight excluding hydrogens is 314 g/mol. The van der Waals surface area contributed by atoms with Crippen molar-refractivity contribution >= 4 is 10.1 Å². The minimum atomic E-state index is -6.90. The quantitative estimate of drug-likeness (QED) is 0.590. The summed E-state index contributed by atoms with van der Waals surface area (Å²) >= 11 is 0. The maximum absolute atomic E-state index is 13.8. The molecule has 2 saturated carbocycles. The highest BCUT2D eigenvalue weighted by molar-refractivity contribution is 7.86. The predicted octanol–water partition coefficient (Wildman–Crippen LogP) is 2.83. The summed E-state index contributed by atoms with van der Waals surface area (Å²) in [4.78, 5) is 0. The Balaban J connectivity index is 2.37. The fraction of sp³-hybridized carbons (Fsp3) is 1.00. The van der Waals surface area contributed by atoms with Crippen LogP contribution < -0.4 is 0 Å². The molecule has 0 aromatic carbocycles. The third-order valence-electron chi connectivity index (χ3n) is 4.30. The zero-order chi connectivity index (χ0) is 15.6. The summed E-state index contributed by atoms with van der Waals surface area (Å²) in [5.74, 6) is -14.6. The SMILES string of the molecule is O=S(=O)([O-])C(F)(F)C(F)(F)C(F)(F)C1CC2CCC1C2. The molecule has 10 heteroatoms. The second kappa shape index (κ2) is 4.25. The molecule has 118 valence electrons. The fourth-order valence-corrected chi connectivity index (χ4v) is 3.72. The maximum Gasteiger partial charge on any atom is 0.402 e. The van der Waals surface area contributed by atoms with Crippen molar-refractivity contribution in [1.29, 1.82) is 0 Å². The molecule has 3 unspecified atom stereocenters. The van der Waals surface area contributed by atoms with Gasteiger partial charge in [-0.05, 0) is 31.1 Å². The van der Waals surface area contributed by atoms with Crippen LogP contribution in [0.4, 0.5) is 26.3 Å². The smallest absolute Gasteiger partial charge is 0.402 e. The van der Waals surface area contributed by atoms with Gasteiger partial charge in [0.25, 0.3) is 0 Å². The third-order valence-corrected chi connectivity index (χ3v) is 5.19. The van der Waals surface area contributed by atoms with Crippen LogP contribution >= 0.6 is 0 Å². The van der Waals surface area contributed by atoms with E-state index in [9.17, 15) is 39.3 Å². The van der Waals surface area contributed by atoms with Gasteiger partial charge in [0.2, 0.25) is 0 Å². The molecule has 2 bridgehead atoms. The average molecular weight is 325 g/mol.